The monoisotopic (exact) mass is 380 g/mol. The number of benzene rings is 2. The van der Waals surface area contributed by atoms with Crippen molar-refractivity contribution < 1.29 is 19.1 Å². The minimum absolute atomic E-state index is 0.0140. The van der Waals surface area contributed by atoms with Gasteiger partial charge in [-0.1, -0.05) is 48.5 Å². The highest BCUT2D eigenvalue weighted by Crippen LogP contribution is 2.14. The van der Waals surface area contributed by atoms with Gasteiger partial charge in [0.05, 0.1) is 25.4 Å². The van der Waals surface area contributed by atoms with Gasteiger partial charge in [-0.3, -0.25) is 14.3 Å². The minimum atomic E-state index is -0.939. The third-order valence-corrected chi connectivity index (χ3v) is 4.17. The predicted octanol–water partition coefficient (Wildman–Crippen LogP) is 1.18. The van der Waals surface area contributed by atoms with E-state index in [1.54, 1.807) is 41.2 Å². The number of carbonyl (C=O) groups excluding carboxylic acids is 3. The average Bonchev–Trinajstić information content (AvgIpc) is 3.13. The molecule has 0 aliphatic carbocycles. The Morgan fingerprint density at radius 2 is 1.75 bits per heavy atom. The van der Waals surface area contributed by atoms with E-state index in [4.69, 9.17) is 4.74 Å². The molecule has 3 rings (SSSR count). The number of esters is 1. The fourth-order valence-electron chi connectivity index (χ4n) is 2.78. The van der Waals surface area contributed by atoms with Crippen LogP contribution in [0.15, 0.2) is 60.8 Å². The first kappa shape index (κ1) is 19.1. The number of ether oxygens (including phenoxy) is 1. The molecule has 0 aliphatic rings. The largest absolute Gasteiger partial charge is 0.467 e. The standard InChI is InChI=1S/C20H20N4O4/c1-28-20(27)19(14-7-3-2-4-8-14)23-17(25)12-21-18(26)13-24-16-10-6-5-9-15(16)11-22-24/h2-11,19H,12-13H2,1H3,(H,21,26)(H,23,25). The summed E-state index contributed by atoms with van der Waals surface area (Å²) in [5.74, 6) is -1.45. The molecule has 0 aliphatic heterocycles. The van der Waals surface area contributed by atoms with Gasteiger partial charge in [-0.05, 0) is 11.6 Å². The Bertz CT molecular complexity index is 984. The number of methoxy groups -OCH3 is 1. The highest BCUT2D eigenvalue weighted by Gasteiger charge is 2.23. The lowest BCUT2D eigenvalue weighted by atomic mass is 10.1. The average molecular weight is 380 g/mol. The lowest BCUT2D eigenvalue weighted by Gasteiger charge is -2.17. The molecule has 2 aromatic carbocycles. The topological polar surface area (TPSA) is 102 Å². The van der Waals surface area contributed by atoms with Crippen LogP contribution < -0.4 is 10.6 Å². The van der Waals surface area contributed by atoms with E-state index in [0.717, 1.165) is 10.9 Å². The maximum Gasteiger partial charge on any atom is 0.333 e. The van der Waals surface area contributed by atoms with Crippen molar-refractivity contribution in [2.45, 2.75) is 12.6 Å². The predicted molar refractivity (Wildman–Crippen MR) is 102 cm³/mol. The van der Waals surface area contributed by atoms with E-state index in [1.165, 1.54) is 7.11 Å². The van der Waals surface area contributed by atoms with Crippen LogP contribution in [0, 0.1) is 0 Å². The van der Waals surface area contributed by atoms with E-state index >= 15 is 0 Å². The van der Waals surface area contributed by atoms with Crippen LogP contribution in [0.3, 0.4) is 0 Å². The van der Waals surface area contributed by atoms with Gasteiger partial charge in [0.15, 0.2) is 6.04 Å². The summed E-state index contributed by atoms with van der Waals surface area (Å²) >= 11 is 0. The molecule has 1 atom stereocenters. The van der Waals surface area contributed by atoms with Crippen molar-refractivity contribution in [3.05, 3.63) is 66.4 Å². The van der Waals surface area contributed by atoms with Crippen molar-refractivity contribution in [3.8, 4) is 0 Å². The van der Waals surface area contributed by atoms with Crippen LogP contribution in [-0.2, 0) is 25.7 Å². The Balaban J connectivity index is 1.56. The summed E-state index contributed by atoms with van der Waals surface area (Å²) < 4.78 is 6.31. The number of rotatable bonds is 7. The second kappa shape index (κ2) is 8.81. The Kier molecular flexibility index (Phi) is 6.01. The number of fused-ring (bicyclic) bond motifs is 1. The van der Waals surface area contributed by atoms with Crippen LogP contribution in [0.5, 0.6) is 0 Å². The quantitative estimate of drug-likeness (QED) is 0.600. The summed E-state index contributed by atoms with van der Waals surface area (Å²) in [6.45, 7) is -0.279. The van der Waals surface area contributed by atoms with E-state index in [2.05, 4.69) is 15.7 Å². The first-order valence-corrected chi connectivity index (χ1v) is 8.68. The fraction of sp³-hybridized carbons (Fsp3) is 0.200. The summed E-state index contributed by atoms with van der Waals surface area (Å²) in [5.41, 5.74) is 1.42. The molecular formula is C20H20N4O4. The zero-order valence-electron chi connectivity index (χ0n) is 15.3. The molecule has 0 saturated carbocycles. The highest BCUT2D eigenvalue weighted by atomic mass is 16.5. The normalized spacial score (nSPS) is 11.6. The molecule has 8 nitrogen and oxygen atoms in total. The molecule has 0 bridgehead atoms. The Morgan fingerprint density at radius 1 is 1.04 bits per heavy atom. The van der Waals surface area contributed by atoms with Gasteiger partial charge in [-0.25, -0.2) is 4.79 Å². The number of aromatic nitrogens is 2. The van der Waals surface area contributed by atoms with E-state index in [1.807, 2.05) is 24.3 Å². The van der Waals surface area contributed by atoms with E-state index < -0.39 is 17.9 Å². The third-order valence-electron chi connectivity index (χ3n) is 4.17. The molecule has 0 radical (unpaired) electrons. The molecule has 1 heterocycles. The first-order valence-electron chi connectivity index (χ1n) is 8.68. The fourth-order valence-corrected chi connectivity index (χ4v) is 2.78. The van der Waals surface area contributed by atoms with Gasteiger partial charge in [-0.2, -0.15) is 5.10 Å². The number of amides is 2. The molecule has 1 aromatic heterocycles. The van der Waals surface area contributed by atoms with Crippen LogP contribution in [0.25, 0.3) is 10.9 Å². The Hall–Kier alpha value is -3.68. The summed E-state index contributed by atoms with van der Waals surface area (Å²) in [5, 5.41) is 10.2. The van der Waals surface area contributed by atoms with Crippen molar-refractivity contribution in [2.75, 3.05) is 13.7 Å². The highest BCUT2D eigenvalue weighted by molar-refractivity contribution is 5.89. The molecule has 2 N–H and O–H groups in total. The smallest absolute Gasteiger partial charge is 0.333 e. The summed E-state index contributed by atoms with van der Waals surface area (Å²) in [7, 11) is 1.25. The molecule has 2 amide bonds. The van der Waals surface area contributed by atoms with Crippen molar-refractivity contribution in [3.63, 3.8) is 0 Å². The molecule has 3 aromatic rings. The van der Waals surface area contributed by atoms with Crippen LogP contribution in [-0.4, -0.2) is 41.2 Å². The van der Waals surface area contributed by atoms with Crippen molar-refractivity contribution in [1.29, 1.82) is 0 Å². The lowest BCUT2D eigenvalue weighted by Crippen LogP contribution is -2.42. The molecule has 0 fully saturated rings. The van der Waals surface area contributed by atoms with Crippen LogP contribution in [0.4, 0.5) is 0 Å². The number of hydrogen-bond donors (Lipinski definition) is 2. The molecule has 144 valence electrons. The molecule has 28 heavy (non-hydrogen) atoms. The van der Waals surface area contributed by atoms with Crippen LogP contribution >= 0.6 is 0 Å². The zero-order valence-corrected chi connectivity index (χ0v) is 15.3. The lowest BCUT2D eigenvalue weighted by molar-refractivity contribution is -0.145. The Labute approximate surface area is 161 Å². The van der Waals surface area contributed by atoms with Crippen LogP contribution in [0.2, 0.25) is 0 Å². The van der Waals surface area contributed by atoms with Crippen molar-refractivity contribution in [2.24, 2.45) is 0 Å². The van der Waals surface area contributed by atoms with Gasteiger partial charge in [-0.15, -0.1) is 0 Å². The van der Waals surface area contributed by atoms with Gasteiger partial charge in [0, 0.05) is 5.39 Å². The van der Waals surface area contributed by atoms with Gasteiger partial charge in [0.1, 0.15) is 6.54 Å². The molecule has 8 heteroatoms. The van der Waals surface area contributed by atoms with Crippen LogP contribution in [0.1, 0.15) is 11.6 Å². The van der Waals surface area contributed by atoms with Gasteiger partial charge in [0.2, 0.25) is 11.8 Å². The molecule has 0 saturated heterocycles. The number of nitrogens with one attached hydrogen (secondary N) is 2. The zero-order chi connectivity index (χ0) is 19.9. The van der Waals surface area contributed by atoms with Crippen molar-refractivity contribution >= 4 is 28.7 Å². The summed E-state index contributed by atoms with van der Waals surface area (Å²) in [6.07, 6.45) is 1.68. The van der Waals surface area contributed by atoms with Crippen molar-refractivity contribution in [1.82, 2.24) is 20.4 Å². The SMILES string of the molecule is COC(=O)C(NC(=O)CNC(=O)Cn1ncc2ccccc21)c1ccccc1. The van der Waals surface area contributed by atoms with Gasteiger partial charge >= 0.3 is 5.97 Å². The number of para-hydroxylation sites is 1. The van der Waals surface area contributed by atoms with Gasteiger partial charge in [0.25, 0.3) is 0 Å². The Morgan fingerprint density at radius 3 is 2.50 bits per heavy atom. The van der Waals surface area contributed by atoms with Gasteiger partial charge < -0.3 is 15.4 Å². The number of nitrogens with zero attached hydrogens (tertiary/aromatic N) is 2. The summed E-state index contributed by atoms with van der Waals surface area (Å²) in [4.78, 5) is 36.4. The summed E-state index contributed by atoms with van der Waals surface area (Å²) in [6, 6.07) is 15.3. The molecular weight excluding hydrogens is 360 g/mol. The maximum absolute atomic E-state index is 12.2. The minimum Gasteiger partial charge on any atom is -0.467 e. The maximum atomic E-state index is 12.2. The number of hydrogen-bond acceptors (Lipinski definition) is 5. The number of carbonyl (C=O) groups is 3. The second-order valence-corrected chi connectivity index (χ2v) is 6.07. The third kappa shape index (κ3) is 4.53. The second-order valence-electron chi connectivity index (χ2n) is 6.07. The molecule has 0 spiro atoms. The van der Waals surface area contributed by atoms with E-state index in [9.17, 15) is 14.4 Å². The molecule has 1 unspecified atom stereocenters. The first-order chi connectivity index (χ1) is 13.6. The van der Waals surface area contributed by atoms with E-state index in [-0.39, 0.29) is 19.0 Å². The van der Waals surface area contributed by atoms with E-state index in [0.29, 0.717) is 5.56 Å².